The normalized spacial score (nSPS) is 11.7. The summed E-state index contributed by atoms with van der Waals surface area (Å²) in [7, 11) is 1.28. The van der Waals surface area contributed by atoms with Gasteiger partial charge in [0.15, 0.2) is 0 Å². The SMILES string of the molecule is COC(=O)c1c(I)c2ccccc2n1Cc1cccc(C(F)(F)F)c1. The van der Waals surface area contributed by atoms with Crippen LogP contribution >= 0.6 is 22.6 Å². The van der Waals surface area contributed by atoms with Crippen molar-refractivity contribution in [2.75, 3.05) is 7.11 Å². The van der Waals surface area contributed by atoms with E-state index >= 15 is 0 Å². The minimum Gasteiger partial charge on any atom is -0.464 e. The lowest BCUT2D eigenvalue weighted by Crippen LogP contribution is -2.13. The molecule has 25 heavy (non-hydrogen) atoms. The predicted molar refractivity (Wildman–Crippen MR) is 96.5 cm³/mol. The van der Waals surface area contributed by atoms with Gasteiger partial charge in [0.2, 0.25) is 0 Å². The summed E-state index contributed by atoms with van der Waals surface area (Å²) in [5, 5.41) is 0.857. The zero-order valence-electron chi connectivity index (χ0n) is 13.1. The summed E-state index contributed by atoms with van der Waals surface area (Å²) in [6.07, 6.45) is -4.41. The third-order valence-corrected chi connectivity index (χ3v) is 4.97. The van der Waals surface area contributed by atoms with Crippen molar-refractivity contribution < 1.29 is 22.7 Å². The monoisotopic (exact) mass is 459 g/mol. The van der Waals surface area contributed by atoms with Gasteiger partial charge in [-0.05, 0) is 46.4 Å². The summed E-state index contributed by atoms with van der Waals surface area (Å²) in [4.78, 5) is 12.2. The van der Waals surface area contributed by atoms with Crippen molar-refractivity contribution in [2.24, 2.45) is 0 Å². The quantitative estimate of drug-likeness (QED) is 0.403. The molecule has 3 aromatic rings. The van der Waals surface area contributed by atoms with Crippen LogP contribution in [-0.4, -0.2) is 17.6 Å². The number of para-hydroxylation sites is 1. The molecule has 0 aliphatic carbocycles. The Morgan fingerprint density at radius 1 is 1.16 bits per heavy atom. The van der Waals surface area contributed by atoms with Crippen molar-refractivity contribution >= 4 is 39.5 Å². The topological polar surface area (TPSA) is 31.2 Å². The number of fused-ring (bicyclic) bond motifs is 1. The largest absolute Gasteiger partial charge is 0.464 e. The number of carbonyl (C=O) groups excluding carboxylic acids is 1. The Bertz CT molecular complexity index is 947. The molecule has 2 aromatic carbocycles. The summed E-state index contributed by atoms with van der Waals surface area (Å²) < 4.78 is 46.1. The van der Waals surface area contributed by atoms with E-state index in [-0.39, 0.29) is 6.54 Å². The zero-order chi connectivity index (χ0) is 18.2. The first-order valence-electron chi connectivity index (χ1n) is 7.34. The summed E-state index contributed by atoms with van der Waals surface area (Å²) in [5.74, 6) is -0.521. The number of halogens is 4. The van der Waals surface area contributed by atoms with E-state index in [0.717, 1.165) is 23.0 Å². The van der Waals surface area contributed by atoms with Crippen molar-refractivity contribution in [1.29, 1.82) is 0 Å². The first kappa shape index (κ1) is 17.8. The van der Waals surface area contributed by atoms with Gasteiger partial charge in [-0.3, -0.25) is 0 Å². The fraction of sp³-hybridized carbons (Fsp3) is 0.167. The van der Waals surface area contributed by atoms with Crippen LogP contribution in [0.4, 0.5) is 13.2 Å². The second kappa shape index (κ2) is 6.70. The summed E-state index contributed by atoms with van der Waals surface area (Å²) in [6.45, 7) is 0.137. The minimum atomic E-state index is -4.41. The summed E-state index contributed by atoms with van der Waals surface area (Å²) in [5.41, 5.74) is 0.847. The van der Waals surface area contributed by atoms with Gasteiger partial charge in [-0.25, -0.2) is 4.79 Å². The van der Waals surface area contributed by atoms with Gasteiger partial charge in [-0.1, -0.05) is 30.3 Å². The Morgan fingerprint density at radius 2 is 1.88 bits per heavy atom. The Labute approximate surface area is 155 Å². The lowest BCUT2D eigenvalue weighted by molar-refractivity contribution is -0.137. The number of methoxy groups -OCH3 is 1. The summed E-state index contributed by atoms with van der Waals surface area (Å²) in [6, 6.07) is 12.5. The van der Waals surface area contributed by atoms with Gasteiger partial charge in [0.05, 0.1) is 21.8 Å². The van der Waals surface area contributed by atoms with Crippen molar-refractivity contribution in [3.05, 3.63) is 68.9 Å². The molecule has 0 N–H and O–H groups in total. The van der Waals surface area contributed by atoms with Crippen LogP contribution in [0.25, 0.3) is 10.9 Å². The Kier molecular flexibility index (Phi) is 4.77. The highest BCUT2D eigenvalue weighted by molar-refractivity contribution is 14.1. The van der Waals surface area contributed by atoms with Crippen LogP contribution in [0.1, 0.15) is 21.6 Å². The number of carbonyl (C=O) groups is 1. The molecule has 3 rings (SSSR count). The number of esters is 1. The van der Waals surface area contributed by atoms with Gasteiger partial charge >= 0.3 is 12.1 Å². The zero-order valence-corrected chi connectivity index (χ0v) is 15.3. The molecule has 0 aliphatic rings. The number of benzene rings is 2. The van der Waals surface area contributed by atoms with Gasteiger partial charge in [0, 0.05) is 11.9 Å². The van der Waals surface area contributed by atoms with E-state index in [1.807, 2.05) is 24.3 Å². The van der Waals surface area contributed by atoms with E-state index in [9.17, 15) is 18.0 Å². The second-order valence-corrected chi connectivity index (χ2v) is 6.53. The van der Waals surface area contributed by atoms with Gasteiger partial charge in [0.1, 0.15) is 5.69 Å². The molecular weight excluding hydrogens is 446 g/mol. The Morgan fingerprint density at radius 3 is 2.56 bits per heavy atom. The summed E-state index contributed by atoms with van der Waals surface area (Å²) >= 11 is 2.06. The molecule has 3 nitrogen and oxygen atoms in total. The number of rotatable bonds is 3. The molecule has 0 radical (unpaired) electrons. The van der Waals surface area contributed by atoms with Crippen molar-refractivity contribution in [3.8, 4) is 0 Å². The number of alkyl halides is 3. The average Bonchev–Trinajstić information content (AvgIpc) is 2.86. The highest BCUT2D eigenvalue weighted by Crippen LogP contribution is 2.32. The molecule has 0 saturated heterocycles. The maximum Gasteiger partial charge on any atom is 0.416 e. The molecule has 0 fully saturated rings. The molecule has 0 atom stereocenters. The molecule has 1 heterocycles. The molecule has 0 saturated carbocycles. The maximum absolute atomic E-state index is 12.9. The number of aromatic nitrogens is 1. The molecule has 130 valence electrons. The number of hydrogen-bond donors (Lipinski definition) is 0. The highest BCUT2D eigenvalue weighted by Gasteiger charge is 2.30. The highest BCUT2D eigenvalue weighted by atomic mass is 127. The molecular formula is C18H13F3INO2. The van der Waals surface area contributed by atoms with Crippen LogP contribution in [-0.2, 0) is 17.5 Å². The van der Waals surface area contributed by atoms with Crippen molar-refractivity contribution in [2.45, 2.75) is 12.7 Å². The molecule has 0 spiro atoms. The maximum atomic E-state index is 12.9. The first-order chi connectivity index (χ1) is 11.8. The van der Waals surface area contributed by atoms with Crippen LogP contribution < -0.4 is 0 Å². The molecule has 7 heteroatoms. The van der Waals surface area contributed by atoms with E-state index < -0.39 is 17.7 Å². The molecule has 0 aliphatic heterocycles. The van der Waals surface area contributed by atoms with Gasteiger partial charge in [-0.2, -0.15) is 13.2 Å². The minimum absolute atomic E-state index is 0.137. The van der Waals surface area contributed by atoms with E-state index in [1.165, 1.54) is 13.2 Å². The second-order valence-electron chi connectivity index (χ2n) is 5.46. The van der Waals surface area contributed by atoms with Gasteiger partial charge in [-0.15, -0.1) is 0 Å². The molecule has 0 amide bonds. The number of ether oxygens (including phenoxy) is 1. The van der Waals surface area contributed by atoms with E-state index in [4.69, 9.17) is 4.74 Å². The fourth-order valence-electron chi connectivity index (χ4n) is 2.75. The predicted octanol–water partition coefficient (Wildman–Crippen LogP) is 5.10. The smallest absolute Gasteiger partial charge is 0.416 e. The van der Waals surface area contributed by atoms with Crippen LogP contribution in [0.3, 0.4) is 0 Å². The lowest BCUT2D eigenvalue weighted by Gasteiger charge is -2.12. The molecule has 0 unspecified atom stereocenters. The van der Waals surface area contributed by atoms with Crippen LogP contribution in [0.2, 0.25) is 0 Å². The van der Waals surface area contributed by atoms with Crippen LogP contribution in [0.15, 0.2) is 48.5 Å². The molecule has 0 bridgehead atoms. The van der Waals surface area contributed by atoms with Gasteiger partial charge in [0.25, 0.3) is 0 Å². The Balaban J connectivity index is 2.14. The number of hydrogen-bond acceptors (Lipinski definition) is 2. The van der Waals surface area contributed by atoms with E-state index in [1.54, 1.807) is 10.6 Å². The number of nitrogens with zero attached hydrogens (tertiary/aromatic N) is 1. The Hall–Kier alpha value is -2.03. The van der Waals surface area contributed by atoms with Crippen LogP contribution in [0, 0.1) is 3.57 Å². The lowest BCUT2D eigenvalue weighted by atomic mass is 10.1. The standard InChI is InChI=1S/C18H13F3INO2/c1-25-17(24)16-15(22)13-7-2-3-8-14(13)23(16)10-11-5-4-6-12(9-11)18(19,20)21/h2-9H,10H2,1H3. The van der Waals surface area contributed by atoms with Crippen molar-refractivity contribution in [3.63, 3.8) is 0 Å². The fourth-order valence-corrected chi connectivity index (χ4v) is 3.72. The van der Waals surface area contributed by atoms with Gasteiger partial charge < -0.3 is 9.30 Å². The third kappa shape index (κ3) is 3.37. The first-order valence-corrected chi connectivity index (χ1v) is 8.42. The van der Waals surface area contributed by atoms with E-state index in [2.05, 4.69) is 22.6 Å². The van der Waals surface area contributed by atoms with Crippen LogP contribution in [0.5, 0.6) is 0 Å². The van der Waals surface area contributed by atoms with E-state index in [0.29, 0.717) is 14.8 Å². The van der Waals surface area contributed by atoms with Crippen molar-refractivity contribution in [1.82, 2.24) is 4.57 Å². The molecule has 1 aromatic heterocycles. The third-order valence-electron chi connectivity index (χ3n) is 3.88. The average molecular weight is 459 g/mol.